The van der Waals surface area contributed by atoms with Gasteiger partial charge in [0.25, 0.3) is 0 Å². The van der Waals surface area contributed by atoms with Gasteiger partial charge in [-0.3, -0.25) is 0 Å². The number of carboxylic acid groups (broad SMARTS) is 1. The first-order chi connectivity index (χ1) is 14.1. The van der Waals surface area contributed by atoms with Crippen LogP contribution in [0.5, 0.6) is 0 Å². The average molecular weight is 448 g/mol. The standard InChI is InChI=1S/C25H22BrNO2/c26-17-9-7-14(8-10-17)23-20-6-2-5-19(20)22-12-16(25(28)29)11-21-18-4-1-3-15(18)13-27(23)24(21)22/h1-2,4-5,7-12,15,18-20,23H,3,6,13H2,(H,28,29)/t15-,18+,19+,20-,23+/m1/s1. The van der Waals surface area contributed by atoms with Gasteiger partial charge in [0.1, 0.15) is 0 Å². The number of aromatic carboxylic acids is 1. The first kappa shape index (κ1) is 17.5. The summed E-state index contributed by atoms with van der Waals surface area (Å²) in [5, 5.41) is 9.77. The molecule has 2 aromatic carbocycles. The average Bonchev–Trinajstić information content (AvgIpc) is 3.38. The van der Waals surface area contributed by atoms with E-state index in [1.807, 2.05) is 12.1 Å². The van der Waals surface area contributed by atoms with Gasteiger partial charge in [-0.15, -0.1) is 0 Å². The Bertz CT molecular complexity index is 1050. The second-order valence-corrected chi connectivity index (χ2v) is 9.68. The van der Waals surface area contributed by atoms with Gasteiger partial charge in [0.15, 0.2) is 0 Å². The summed E-state index contributed by atoms with van der Waals surface area (Å²) in [5.41, 5.74) is 5.51. The Morgan fingerprint density at radius 1 is 1.00 bits per heavy atom. The summed E-state index contributed by atoms with van der Waals surface area (Å²) < 4.78 is 1.10. The summed E-state index contributed by atoms with van der Waals surface area (Å²) in [7, 11) is 0. The summed E-state index contributed by atoms with van der Waals surface area (Å²) in [4.78, 5) is 14.5. The third-order valence-electron chi connectivity index (χ3n) is 7.31. The van der Waals surface area contributed by atoms with E-state index in [2.05, 4.69) is 69.4 Å². The minimum Gasteiger partial charge on any atom is -0.478 e. The van der Waals surface area contributed by atoms with Crippen LogP contribution in [0.15, 0.2) is 65.2 Å². The molecule has 0 saturated heterocycles. The molecule has 5 atom stereocenters. The lowest BCUT2D eigenvalue weighted by molar-refractivity contribution is 0.0696. The maximum atomic E-state index is 11.9. The van der Waals surface area contributed by atoms with Gasteiger partial charge in [-0.25, -0.2) is 4.79 Å². The molecule has 0 spiro atoms. The number of allylic oxidation sites excluding steroid dienone is 4. The van der Waals surface area contributed by atoms with E-state index < -0.39 is 5.97 Å². The fourth-order valence-electron chi connectivity index (χ4n) is 6.14. The maximum absolute atomic E-state index is 11.9. The lowest BCUT2D eigenvalue weighted by Gasteiger charge is -2.51. The Hall–Kier alpha value is -2.33. The van der Waals surface area contributed by atoms with Crippen LogP contribution in [0.25, 0.3) is 0 Å². The summed E-state index contributed by atoms with van der Waals surface area (Å²) in [6.07, 6.45) is 11.3. The van der Waals surface area contributed by atoms with E-state index in [1.165, 1.54) is 22.4 Å². The van der Waals surface area contributed by atoms with E-state index in [9.17, 15) is 9.90 Å². The lowest BCUT2D eigenvalue weighted by atomic mass is 9.70. The minimum absolute atomic E-state index is 0.287. The van der Waals surface area contributed by atoms with Crippen molar-refractivity contribution in [1.29, 1.82) is 0 Å². The van der Waals surface area contributed by atoms with E-state index in [1.54, 1.807) is 0 Å². The number of benzene rings is 2. The highest BCUT2D eigenvalue weighted by molar-refractivity contribution is 9.10. The third-order valence-corrected chi connectivity index (χ3v) is 7.84. The van der Waals surface area contributed by atoms with Crippen LogP contribution < -0.4 is 4.90 Å². The number of nitrogens with zero attached hydrogens (tertiary/aromatic N) is 1. The molecule has 0 aromatic heterocycles. The van der Waals surface area contributed by atoms with Gasteiger partial charge in [0.2, 0.25) is 0 Å². The Balaban J connectivity index is 1.59. The Morgan fingerprint density at radius 3 is 2.45 bits per heavy atom. The van der Waals surface area contributed by atoms with Crippen LogP contribution in [0, 0.1) is 11.8 Å². The van der Waals surface area contributed by atoms with E-state index in [4.69, 9.17) is 0 Å². The van der Waals surface area contributed by atoms with Gasteiger partial charge < -0.3 is 10.0 Å². The van der Waals surface area contributed by atoms with E-state index in [0.29, 0.717) is 29.4 Å². The number of anilines is 1. The van der Waals surface area contributed by atoms with Crippen LogP contribution in [-0.2, 0) is 0 Å². The van der Waals surface area contributed by atoms with Crippen LogP contribution in [0.1, 0.15) is 57.8 Å². The highest BCUT2D eigenvalue weighted by Crippen LogP contribution is 2.58. The maximum Gasteiger partial charge on any atom is 0.335 e. The minimum atomic E-state index is -0.826. The van der Waals surface area contributed by atoms with Crippen LogP contribution in [0.4, 0.5) is 5.69 Å². The van der Waals surface area contributed by atoms with Crippen molar-refractivity contribution in [3.63, 3.8) is 0 Å². The number of halogens is 1. The molecule has 0 amide bonds. The van der Waals surface area contributed by atoms with Crippen molar-refractivity contribution in [3.8, 4) is 0 Å². The largest absolute Gasteiger partial charge is 0.478 e. The summed E-state index contributed by atoms with van der Waals surface area (Å²) >= 11 is 3.58. The molecule has 0 saturated carbocycles. The second kappa shape index (κ2) is 6.33. The van der Waals surface area contributed by atoms with E-state index in [-0.39, 0.29) is 5.92 Å². The van der Waals surface area contributed by atoms with E-state index in [0.717, 1.165) is 23.9 Å². The number of carbonyl (C=O) groups is 1. The Kier molecular flexibility index (Phi) is 3.83. The highest BCUT2D eigenvalue weighted by atomic mass is 79.9. The van der Waals surface area contributed by atoms with Crippen LogP contribution in [-0.4, -0.2) is 17.6 Å². The van der Waals surface area contributed by atoms with Crippen LogP contribution in [0.3, 0.4) is 0 Å². The predicted molar refractivity (Wildman–Crippen MR) is 118 cm³/mol. The van der Waals surface area contributed by atoms with Crippen molar-refractivity contribution in [2.24, 2.45) is 11.8 Å². The molecule has 0 radical (unpaired) electrons. The molecule has 2 aliphatic carbocycles. The number of hydrogen-bond donors (Lipinski definition) is 1. The first-order valence-electron chi connectivity index (χ1n) is 10.4. The number of hydrogen-bond acceptors (Lipinski definition) is 2. The topological polar surface area (TPSA) is 40.5 Å². The molecule has 146 valence electrons. The zero-order valence-electron chi connectivity index (χ0n) is 16.0. The van der Waals surface area contributed by atoms with E-state index >= 15 is 0 Å². The van der Waals surface area contributed by atoms with Crippen molar-refractivity contribution in [2.75, 3.05) is 11.4 Å². The summed E-state index contributed by atoms with van der Waals surface area (Å²) in [6.45, 7) is 1.04. The van der Waals surface area contributed by atoms with Crippen LogP contribution in [0.2, 0.25) is 0 Å². The third kappa shape index (κ3) is 2.51. The molecule has 0 unspecified atom stereocenters. The second-order valence-electron chi connectivity index (χ2n) is 8.76. The van der Waals surface area contributed by atoms with Crippen molar-refractivity contribution >= 4 is 27.6 Å². The Labute approximate surface area is 178 Å². The molecule has 3 nitrogen and oxygen atoms in total. The van der Waals surface area contributed by atoms with Crippen molar-refractivity contribution in [3.05, 3.63) is 87.4 Å². The molecule has 4 heteroatoms. The van der Waals surface area contributed by atoms with Crippen molar-refractivity contribution in [2.45, 2.75) is 30.7 Å². The van der Waals surface area contributed by atoms with Crippen molar-refractivity contribution < 1.29 is 9.90 Å². The fraction of sp³-hybridized carbons (Fsp3) is 0.320. The van der Waals surface area contributed by atoms with Gasteiger partial charge in [0, 0.05) is 28.5 Å². The number of rotatable bonds is 2. The molecule has 6 rings (SSSR count). The number of fused-ring (bicyclic) bond motifs is 4. The summed E-state index contributed by atoms with van der Waals surface area (Å²) in [6, 6.07) is 13.0. The highest BCUT2D eigenvalue weighted by Gasteiger charge is 2.48. The normalized spacial score (nSPS) is 30.8. The van der Waals surface area contributed by atoms with Gasteiger partial charge in [-0.1, -0.05) is 52.4 Å². The zero-order valence-corrected chi connectivity index (χ0v) is 17.5. The summed E-state index contributed by atoms with van der Waals surface area (Å²) in [5.74, 6) is 0.782. The first-order valence-corrected chi connectivity index (χ1v) is 11.2. The molecule has 0 fully saturated rings. The monoisotopic (exact) mass is 447 g/mol. The molecule has 2 heterocycles. The molecule has 2 aromatic rings. The van der Waals surface area contributed by atoms with Gasteiger partial charge in [-0.05, 0) is 65.6 Å². The SMILES string of the molecule is O=C(O)c1cc2c3c(c1)[C@H]1C=CC[C@H]1[C@H](c1ccc(Br)cc1)N3C[C@H]1CC=C[C@H]21. The molecule has 0 bridgehead atoms. The molecule has 1 N–H and O–H groups in total. The molecular formula is C25H22BrNO2. The molecule has 2 aliphatic heterocycles. The quantitative estimate of drug-likeness (QED) is 0.570. The fourth-order valence-corrected chi connectivity index (χ4v) is 6.40. The van der Waals surface area contributed by atoms with Crippen LogP contribution >= 0.6 is 15.9 Å². The molecule has 4 aliphatic rings. The lowest BCUT2D eigenvalue weighted by Crippen LogP contribution is -2.46. The zero-order chi connectivity index (χ0) is 19.7. The molecular weight excluding hydrogens is 426 g/mol. The van der Waals surface area contributed by atoms with Crippen molar-refractivity contribution in [1.82, 2.24) is 0 Å². The molecule has 29 heavy (non-hydrogen) atoms. The van der Waals surface area contributed by atoms with Gasteiger partial charge in [0.05, 0.1) is 11.6 Å². The van der Waals surface area contributed by atoms with Gasteiger partial charge in [-0.2, -0.15) is 0 Å². The predicted octanol–water partition coefficient (Wildman–Crippen LogP) is 6.04. The Morgan fingerprint density at radius 2 is 1.69 bits per heavy atom. The smallest absolute Gasteiger partial charge is 0.335 e. The van der Waals surface area contributed by atoms with Gasteiger partial charge >= 0.3 is 5.97 Å². The number of carboxylic acids is 1.